The van der Waals surface area contributed by atoms with Gasteiger partial charge in [0.05, 0.1) is 13.0 Å². The summed E-state index contributed by atoms with van der Waals surface area (Å²) in [6.07, 6.45) is 6.07. The number of allylic oxidation sites excluding steroid dienone is 1. The van der Waals surface area contributed by atoms with E-state index < -0.39 is 0 Å². The van der Waals surface area contributed by atoms with Crippen LogP contribution in [-0.4, -0.2) is 19.1 Å². The second-order valence-electron chi connectivity index (χ2n) is 2.41. The molecule has 70 valence electrons. The summed E-state index contributed by atoms with van der Waals surface area (Å²) in [6, 6.07) is 0. The van der Waals surface area contributed by atoms with Crippen molar-refractivity contribution in [3.8, 4) is 0 Å². The van der Waals surface area contributed by atoms with Gasteiger partial charge >= 0.3 is 5.97 Å². The number of hydrogen-bond acceptors (Lipinski definition) is 3. The van der Waals surface area contributed by atoms with Gasteiger partial charge in [0.25, 0.3) is 0 Å². The molecule has 0 aromatic heterocycles. The van der Waals surface area contributed by atoms with E-state index in [0.717, 1.165) is 12.8 Å². The first-order valence-corrected chi connectivity index (χ1v) is 4.32. The van der Waals surface area contributed by atoms with Crippen molar-refractivity contribution in [2.45, 2.75) is 26.2 Å². The highest BCUT2D eigenvalue weighted by molar-refractivity contribution is 5.71. The summed E-state index contributed by atoms with van der Waals surface area (Å²) in [5, 5.41) is 0. The zero-order valence-electron chi connectivity index (χ0n) is 7.58. The van der Waals surface area contributed by atoms with Gasteiger partial charge in [-0.25, -0.2) is 0 Å². The molecule has 3 nitrogen and oxygen atoms in total. The SMILES string of the molecule is CCOC(=O)CC=CCCCN. The molecule has 0 aliphatic heterocycles. The summed E-state index contributed by atoms with van der Waals surface area (Å²) in [7, 11) is 0. The maximum Gasteiger partial charge on any atom is 0.309 e. The third kappa shape index (κ3) is 7.28. The van der Waals surface area contributed by atoms with Crippen molar-refractivity contribution < 1.29 is 9.53 Å². The molecule has 0 spiro atoms. The molecular formula is C9H17NO2. The van der Waals surface area contributed by atoms with Crippen molar-refractivity contribution in [1.29, 1.82) is 0 Å². The fourth-order valence-electron chi connectivity index (χ4n) is 0.753. The molecule has 0 saturated heterocycles. The van der Waals surface area contributed by atoms with Crippen molar-refractivity contribution >= 4 is 5.97 Å². The Bertz CT molecular complexity index is 143. The first-order chi connectivity index (χ1) is 5.81. The molecule has 0 unspecified atom stereocenters. The van der Waals surface area contributed by atoms with E-state index in [1.54, 1.807) is 6.92 Å². The molecule has 0 fully saturated rings. The smallest absolute Gasteiger partial charge is 0.309 e. The van der Waals surface area contributed by atoms with Crippen LogP contribution < -0.4 is 5.73 Å². The average molecular weight is 171 g/mol. The zero-order valence-corrected chi connectivity index (χ0v) is 7.58. The number of unbranched alkanes of at least 4 members (excludes halogenated alkanes) is 1. The van der Waals surface area contributed by atoms with Gasteiger partial charge in [0, 0.05) is 0 Å². The van der Waals surface area contributed by atoms with Gasteiger partial charge in [-0.15, -0.1) is 0 Å². The Morgan fingerprint density at radius 1 is 1.50 bits per heavy atom. The van der Waals surface area contributed by atoms with Gasteiger partial charge in [-0.1, -0.05) is 12.2 Å². The third-order valence-corrected chi connectivity index (χ3v) is 1.33. The first kappa shape index (κ1) is 11.2. The van der Waals surface area contributed by atoms with E-state index >= 15 is 0 Å². The molecule has 0 aromatic rings. The summed E-state index contributed by atoms with van der Waals surface area (Å²) >= 11 is 0. The van der Waals surface area contributed by atoms with E-state index in [9.17, 15) is 4.79 Å². The molecular weight excluding hydrogens is 154 g/mol. The molecule has 0 radical (unpaired) electrons. The van der Waals surface area contributed by atoms with Crippen LogP contribution in [0, 0.1) is 0 Å². The normalized spacial score (nSPS) is 10.5. The summed E-state index contributed by atoms with van der Waals surface area (Å²) in [5.41, 5.74) is 5.29. The Morgan fingerprint density at radius 3 is 2.83 bits per heavy atom. The molecule has 0 bridgehead atoms. The van der Waals surface area contributed by atoms with Crippen LogP contribution in [-0.2, 0) is 9.53 Å². The van der Waals surface area contributed by atoms with E-state index in [1.807, 2.05) is 12.2 Å². The minimum Gasteiger partial charge on any atom is -0.466 e. The Labute approximate surface area is 73.6 Å². The lowest BCUT2D eigenvalue weighted by Gasteiger charge is -1.96. The number of ether oxygens (including phenoxy) is 1. The van der Waals surface area contributed by atoms with Crippen molar-refractivity contribution in [3.63, 3.8) is 0 Å². The Kier molecular flexibility index (Phi) is 7.70. The van der Waals surface area contributed by atoms with Gasteiger partial charge in [0.2, 0.25) is 0 Å². The van der Waals surface area contributed by atoms with Gasteiger partial charge in [-0.3, -0.25) is 4.79 Å². The van der Waals surface area contributed by atoms with Crippen LogP contribution in [0.15, 0.2) is 12.2 Å². The molecule has 0 saturated carbocycles. The minimum atomic E-state index is -0.165. The molecule has 0 aromatic carbocycles. The number of carbonyl (C=O) groups is 1. The third-order valence-electron chi connectivity index (χ3n) is 1.33. The Morgan fingerprint density at radius 2 is 2.25 bits per heavy atom. The molecule has 0 amide bonds. The molecule has 12 heavy (non-hydrogen) atoms. The van der Waals surface area contributed by atoms with Crippen molar-refractivity contribution in [3.05, 3.63) is 12.2 Å². The monoisotopic (exact) mass is 171 g/mol. The summed E-state index contributed by atoms with van der Waals surface area (Å²) < 4.78 is 4.73. The lowest BCUT2D eigenvalue weighted by Crippen LogP contribution is -2.01. The quantitative estimate of drug-likeness (QED) is 0.371. The van der Waals surface area contributed by atoms with Gasteiger partial charge in [0.1, 0.15) is 0 Å². The van der Waals surface area contributed by atoms with Crippen molar-refractivity contribution in [2.75, 3.05) is 13.2 Å². The van der Waals surface area contributed by atoms with Crippen LogP contribution in [0.2, 0.25) is 0 Å². The van der Waals surface area contributed by atoms with Crippen LogP contribution in [0.5, 0.6) is 0 Å². The van der Waals surface area contributed by atoms with Crippen molar-refractivity contribution in [2.24, 2.45) is 5.73 Å². The Hall–Kier alpha value is -0.830. The number of carbonyl (C=O) groups excluding carboxylic acids is 1. The van der Waals surface area contributed by atoms with E-state index in [4.69, 9.17) is 10.5 Å². The lowest BCUT2D eigenvalue weighted by molar-refractivity contribution is -0.142. The highest BCUT2D eigenvalue weighted by Crippen LogP contribution is 1.92. The summed E-state index contributed by atoms with van der Waals surface area (Å²) in [4.78, 5) is 10.8. The standard InChI is InChI=1S/C9H17NO2/c1-2-12-9(11)7-5-3-4-6-8-10/h3,5H,2,4,6-8,10H2,1H3. The van der Waals surface area contributed by atoms with Crippen LogP contribution in [0.1, 0.15) is 26.2 Å². The summed E-state index contributed by atoms with van der Waals surface area (Å²) in [6.45, 7) is 2.95. The molecule has 3 heteroatoms. The minimum absolute atomic E-state index is 0.165. The van der Waals surface area contributed by atoms with E-state index in [-0.39, 0.29) is 5.97 Å². The maximum atomic E-state index is 10.8. The van der Waals surface area contributed by atoms with Crippen molar-refractivity contribution in [1.82, 2.24) is 0 Å². The molecule has 0 heterocycles. The molecule has 0 aliphatic carbocycles. The molecule has 0 rings (SSSR count). The second kappa shape index (κ2) is 8.27. The maximum absolute atomic E-state index is 10.8. The van der Waals surface area contributed by atoms with E-state index in [0.29, 0.717) is 19.6 Å². The van der Waals surface area contributed by atoms with E-state index in [2.05, 4.69) is 0 Å². The predicted molar refractivity (Wildman–Crippen MR) is 48.7 cm³/mol. The Balaban J connectivity index is 3.27. The number of esters is 1. The topological polar surface area (TPSA) is 52.3 Å². The molecule has 2 N–H and O–H groups in total. The number of nitrogens with two attached hydrogens (primary N) is 1. The average Bonchev–Trinajstić information content (AvgIpc) is 2.05. The van der Waals surface area contributed by atoms with E-state index in [1.165, 1.54) is 0 Å². The van der Waals surface area contributed by atoms with Gasteiger partial charge in [-0.05, 0) is 26.3 Å². The lowest BCUT2D eigenvalue weighted by atomic mass is 10.2. The molecule has 0 atom stereocenters. The fourth-order valence-corrected chi connectivity index (χ4v) is 0.753. The van der Waals surface area contributed by atoms with Crippen LogP contribution >= 0.6 is 0 Å². The number of rotatable bonds is 6. The van der Waals surface area contributed by atoms with Gasteiger partial charge < -0.3 is 10.5 Å². The zero-order chi connectivity index (χ0) is 9.23. The van der Waals surface area contributed by atoms with Gasteiger partial charge in [0.15, 0.2) is 0 Å². The first-order valence-electron chi connectivity index (χ1n) is 4.32. The van der Waals surface area contributed by atoms with Gasteiger partial charge in [-0.2, -0.15) is 0 Å². The summed E-state index contributed by atoms with van der Waals surface area (Å²) in [5.74, 6) is -0.165. The van der Waals surface area contributed by atoms with Crippen LogP contribution in [0.4, 0.5) is 0 Å². The molecule has 0 aliphatic rings. The highest BCUT2D eigenvalue weighted by atomic mass is 16.5. The second-order valence-corrected chi connectivity index (χ2v) is 2.41. The van der Waals surface area contributed by atoms with Crippen LogP contribution in [0.25, 0.3) is 0 Å². The number of hydrogen-bond donors (Lipinski definition) is 1. The predicted octanol–water partition coefficient (Wildman–Crippen LogP) is 1.23. The largest absolute Gasteiger partial charge is 0.466 e. The van der Waals surface area contributed by atoms with Crippen LogP contribution in [0.3, 0.4) is 0 Å². The fraction of sp³-hybridized carbons (Fsp3) is 0.667. The highest BCUT2D eigenvalue weighted by Gasteiger charge is 1.94.